The van der Waals surface area contributed by atoms with E-state index in [0.717, 1.165) is 12.2 Å². The van der Waals surface area contributed by atoms with Crippen molar-refractivity contribution in [2.24, 2.45) is 0 Å². The predicted molar refractivity (Wildman–Crippen MR) is 59.9 cm³/mol. The maximum Gasteiger partial charge on any atom is 0.0871 e. The predicted octanol–water partition coefficient (Wildman–Crippen LogP) is 2.87. The van der Waals surface area contributed by atoms with E-state index < -0.39 is 0 Å². The third-order valence-corrected chi connectivity index (χ3v) is 2.93. The molecule has 0 atom stereocenters. The van der Waals surface area contributed by atoms with Gasteiger partial charge in [-0.1, -0.05) is 12.6 Å². The van der Waals surface area contributed by atoms with Crippen LogP contribution in [0.3, 0.4) is 0 Å². The van der Waals surface area contributed by atoms with Crippen LogP contribution in [-0.4, -0.2) is 11.9 Å². The minimum absolute atomic E-state index is 0.980. The Morgan fingerprint density at radius 2 is 1.93 bits per heavy atom. The van der Waals surface area contributed by atoms with E-state index in [1.807, 2.05) is 0 Å². The molecule has 1 heterocycles. The van der Waals surface area contributed by atoms with Crippen molar-refractivity contribution in [3.05, 3.63) is 46.7 Å². The van der Waals surface area contributed by atoms with Gasteiger partial charge in [-0.3, -0.25) is 0 Å². The van der Waals surface area contributed by atoms with Gasteiger partial charge in [0.1, 0.15) is 0 Å². The molecule has 1 aromatic carbocycles. The van der Waals surface area contributed by atoms with Gasteiger partial charge in [-0.2, -0.15) is 0 Å². The van der Waals surface area contributed by atoms with Gasteiger partial charge in [0, 0.05) is 19.2 Å². The lowest BCUT2D eigenvalue weighted by Gasteiger charge is -2.09. The van der Waals surface area contributed by atoms with Crippen molar-refractivity contribution in [2.75, 3.05) is 7.05 Å². The summed E-state index contributed by atoms with van der Waals surface area (Å²) in [6.07, 6.45) is 0. The van der Waals surface area contributed by atoms with Crippen molar-refractivity contribution in [3.63, 3.8) is 0 Å². The number of hydrogen-bond donors (Lipinski definition) is 0. The third kappa shape index (κ3) is 1.18. The Balaban J connectivity index is 2.66. The van der Waals surface area contributed by atoms with E-state index in [1.54, 1.807) is 0 Å². The van der Waals surface area contributed by atoms with Crippen LogP contribution in [0.25, 0.3) is 5.70 Å². The Morgan fingerprint density at radius 3 is 2.57 bits per heavy atom. The SMILES string of the molecule is C=C=C1c2cc(C)c(C)cc2CN1C. The van der Waals surface area contributed by atoms with Crippen LogP contribution in [0.2, 0.25) is 0 Å². The van der Waals surface area contributed by atoms with Gasteiger partial charge >= 0.3 is 0 Å². The third-order valence-electron chi connectivity index (χ3n) is 2.93. The summed E-state index contributed by atoms with van der Waals surface area (Å²) in [5, 5.41) is 0. The van der Waals surface area contributed by atoms with Crippen molar-refractivity contribution in [3.8, 4) is 0 Å². The van der Waals surface area contributed by atoms with Crippen LogP contribution in [0.1, 0.15) is 22.3 Å². The largest absolute Gasteiger partial charge is 0.363 e. The molecule has 1 aliphatic heterocycles. The molecular formula is C13H15N. The Labute approximate surface area is 85.4 Å². The average molecular weight is 185 g/mol. The zero-order chi connectivity index (χ0) is 10.3. The van der Waals surface area contributed by atoms with Crippen molar-refractivity contribution in [1.29, 1.82) is 0 Å². The fourth-order valence-electron chi connectivity index (χ4n) is 2.00. The molecule has 0 spiro atoms. The topological polar surface area (TPSA) is 3.24 Å². The van der Waals surface area contributed by atoms with Gasteiger partial charge in [-0.15, -0.1) is 5.73 Å². The van der Waals surface area contributed by atoms with Crippen LogP contribution in [-0.2, 0) is 6.54 Å². The highest BCUT2D eigenvalue weighted by Crippen LogP contribution is 2.32. The summed E-state index contributed by atoms with van der Waals surface area (Å²) in [6.45, 7) is 9.03. The van der Waals surface area contributed by atoms with Crippen LogP contribution in [0.5, 0.6) is 0 Å². The van der Waals surface area contributed by atoms with Gasteiger partial charge in [0.15, 0.2) is 0 Å². The highest BCUT2D eigenvalue weighted by molar-refractivity contribution is 5.71. The van der Waals surface area contributed by atoms with Crippen LogP contribution in [0, 0.1) is 13.8 Å². The lowest BCUT2D eigenvalue weighted by molar-refractivity contribution is 0.501. The lowest BCUT2D eigenvalue weighted by atomic mass is 10.0. The van der Waals surface area contributed by atoms with Crippen molar-refractivity contribution in [1.82, 2.24) is 4.90 Å². The molecule has 0 radical (unpaired) electrons. The minimum atomic E-state index is 0.980. The molecule has 1 heteroatoms. The molecule has 0 unspecified atom stereocenters. The summed E-state index contributed by atoms with van der Waals surface area (Å²) < 4.78 is 0. The average Bonchev–Trinajstić information content (AvgIpc) is 2.42. The van der Waals surface area contributed by atoms with E-state index in [9.17, 15) is 0 Å². The summed E-state index contributed by atoms with van der Waals surface area (Å²) >= 11 is 0. The molecule has 14 heavy (non-hydrogen) atoms. The summed E-state index contributed by atoms with van der Waals surface area (Å²) in [7, 11) is 2.08. The first-order valence-electron chi connectivity index (χ1n) is 4.85. The van der Waals surface area contributed by atoms with E-state index in [2.05, 4.69) is 50.2 Å². The summed E-state index contributed by atoms with van der Waals surface area (Å²) in [5.74, 6) is 0. The second-order valence-corrected chi connectivity index (χ2v) is 3.98. The standard InChI is InChI=1S/C13H15N/c1-5-13-12-7-10(3)9(2)6-11(12)8-14(13)4/h6-7H,1,8H2,2-4H3. The smallest absolute Gasteiger partial charge is 0.0871 e. The van der Waals surface area contributed by atoms with E-state index in [-0.39, 0.29) is 0 Å². The first-order valence-corrected chi connectivity index (χ1v) is 4.85. The molecule has 0 N–H and O–H groups in total. The molecule has 0 aromatic heterocycles. The van der Waals surface area contributed by atoms with Crippen LogP contribution < -0.4 is 0 Å². The second-order valence-electron chi connectivity index (χ2n) is 3.98. The molecule has 0 fully saturated rings. The normalized spacial score (nSPS) is 14.2. The molecule has 0 saturated carbocycles. The molecule has 1 aromatic rings. The molecule has 2 rings (SSSR count). The van der Waals surface area contributed by atoms with Crippen molar-refractivity contribution < 1.29 is 0 Å². The molecule has 0 amide bonds. The molecule has 0 bridgehead atoms. The zero-order valence-corrected chi connectivity index (χ0v) is 9.02. The van der Waals surface area contributed by atoms with Gasteiger partial charge < -0.3 is 4.90 Å². The highest BCUT2D eigenvalue weighted by Gasteiger charge is 2.20. The summed E-state index contributed by atoms with van der Waals surface area (Å²) in [6, 6.07) is 4.51. The number of nitrogens with zero attached hydrogens (tertiary/aromatic N) is 1. The maximum absolute atomic E-state index is 3.74. The van der Waals surface area contributed by atoms with E-state index in [1.165, 1.54) is 22.3 Å². The van der Waals surface area contributed by atoms with E-state index in [4.69, 9.17) is 0 Å². The number of fused-ring (bicyclic) bond motifs is 1. The first kappa shape index (κ1) is 9.11. The number of hydrogen-bond acceptors (Lipinski definition) is 1. The van der Waals surface area contributed by atoms with E-state index in [0.29, 0.717) is 0 Å². The Bertz CT molecular complexity index is 437. The number of aryl methyl sites for hydroxylation is 2. The van der Waals surface area contributed by atoms with Gasteiger partial charge in [-0.05, 0) is 36.6 Å². The molecule has 0 aliphatic carbocycles. The second kappa shape index (κ2) is 3.04. The summed E-state index contributed by atoms with van der Waals surface area (Å²) in [5.41, 5.74) is 9.53. The molecule has 1 aliphatic rings. The summed E-state index contributed by atoms with van der Waals surface area (Å²) in [4.78, 5) is 2.19. The fraction of sp³-hybridized carbons (Fsp3) is 0.308. The van der Waals surface area contributed by atoms with Gasteiger partial charge in [-0.25, -0.2) is 0 Å². The number of rotatable bonds is 0. The van der Waals surface area contributed by atoms with Crippen molar-refractivity contribution >= 4 is 5.70 Å². The Morgan fingerprint density at radius 1 is 1.29 bits per heavy atom. The molecule has 72 valence electrons. The number of benzene rings is 1. The lowest BCUT2D eigenvalue weighted by Crippen LogP contribution is -2.06. The monoisotopic (exact) mass is 185 g/mol. The molecular weight excluding hydrogens is 170 g/mol. The first-order chi connectivity index (χ1) is 6.63. The Kier molecular flexibility index (Phi) is 1.98. The minimum Gasteiger partial charge on any atom is -0.363 e. The van der Waals surface area contributed by atoms with Gasteiger partial charge in [0.25, 0.3) is 0 Å². The maximum atomic E-state index is 3.74. The van der Waals surface area contributed by atoms with Crippen LogP contribution in [0.4, 0.5) is 0 Å². The van der Waals surface area contributed by atoms with Crippen molar-refractivity contribution in [2.45, 2.75) is 20.4 Å². The molecule has 1 nitrogen and oxygen atoms in total. The van der Waals surface area contributed by atoms with Gasteiger partial charge in [0.2, 0.25) is 0 Å². The zero-order valence-electron chi connectivity index (χ0n) is 9.02. The van der Waals surface area contributed by atoms with Gasteiger partial charge in [0.05, 0.1) is 5.70 Å². The van der Waals surface area contributed by atoms with Crippen LogP contribution >= 0.6 is 0 Å². The van der Waals surface area contributed by atoms with E-state index >= 15 is 0 Å². The Hall–Kier alpha value is -1.46. The fourth-order valence-corrected chi connectivity index (χ4v) is 2.00. The van der Waals surface area contributed by atoms with Crippen LogP contribution in [0.15, 0.2) is 24.4 Å². The highest BCUT2D eigenvalue weighted by atomic mass is 15.1. The molecule has 0 saturated heterocycles. The quantitative estimate of drug-likeness (QED) is 0.562.